The molecule has 0 saturated heterocycles. The number of hydrogen-bond acceptors (Lipinski definition) is 4. The van der Waals surface area contributed by atoms with Gasteiger partial charge in [-0.05, 0) is 24.3 Å². The van der Waals surface area contributed by atoms with E-state index in [1.165, 1.54) is 0 Å². The van der Waals surface area contributed by atoms with E-state index in [9.17, 15) is 4.79 Å². The minimum Gasteiger partial charge on any atom is -0.452 e. The standard InChI is InChI=1S/C17H13N3O2/c18-11-5-3-4-10(8-11)15-17-16(20-14(21)9-19-15)12-6-1-2-7-13(12)22-17/h1-8H,9,18H2,(H,20,21). The van der Waals surface area contributed by atoms with E-state index in [0.29, 0.717) is 28.4 Å². The Morgan fingerprint density at radius 1 is 1.14 bits per heavy atom. The van der Waals surface area contributed by atoms with Crippen LogP contribution in [0, 0.1) is 0 Å². The van der Waals surface area contributed by atoms with Crippen molar-refractivity contribution in [1.29, 1.82) is 0 Å². The first-order chi connectivity index (χ1) is 10.7. The number of aliphatic imine (C=N–C) groups is 1. The van der Waals surface area contributed by atoms with Crippen molar-refractivity contribution in [2.24, 2.45) is 4.99 Å². The van der Waals surface area contributed by atoms with Gasteiger partial charge in [-0.15, -0.1) is 0 Å². The molecular weight excluding hydrogens is 278 g/mol. The second-order valence-corrected chi connectivity index (χ2v) is 5.14. The highest BCUT2D eigenvalue weighted by atomic mass is 16.3. The summed E-state index contributed by atoms with van der Waals surface area (Å²) >= 11 is 0. The van der Waals surface area contributed by atoms with Crippen molar-refractivity contribution in [3.8, 4) is 0 Å². The molecule has 0 spiro atoms. The third-order valence-electron chi connectivity index (χ3n) is 3.62. The summed E-state index contributed by atoms with van der Waals surface area (Å²) in [5.41, 5.74) is 9.35. The zero-order valence-electron chi connectivity index (χ0n) is 11.7. The summed E-state index contributed by atoms with van der Waals surface area (Å²) in [5.74, 6) is 0.407. The number of para-hydroxylation sites is 1. The number of nitrogens with one attached hydrogen (secondary N) is 1. The molecule has 1 aliphatic rings. The number of nitrogens with zero attached hydrogens (tertiary/aromatic N) is 1. The Hall–Kier alpha value is -3.08. The van der Waals surface area contributed by atoms with Gasteiger partial charge in [0.15, 0.2) is 5.76 Å². The van der Waals surface area contributed by atoms with Crippen LogP contribution in [-0.2, 0) is 4.79 Å². The molecule has 4 rings (SSSR count). The zero-order valence-corrected chi connectivity index (χ0v) is 11.7. The number of hydrogen-bond donors (Lipinski definition) is 2. The molecule has 0 bridgehead atoms. The van der Waals surface area contributed by atoms with Gasteiger partial charge in [-0.3, -0.25) is 9.79 Å². The summed E-state index contributed by atoms with van der Waals surface area (Å²) < 4.78 is 5.94. The lowest BCUT2D eigenvalue weighted by molar-refractivity contribution is -0.114. The fourth-order valence-corrected chi connectivity index (χ4v) is 2.65. The maximum Gasteiger partial charge on any atom is 0.246 e. The topological polar surface area (TPSA) is 80.6 Å². The van der Waals surface area contributed by atoms with Crippen LogP contribution < -0.4 is 11.1 Å². The Morgan fingerprint density at radius 2 is 2.00 bits per heavy atom. The summed E-state index contributed by atoms with van der Waals surface area (Å²) in [6, 6.07) is 15.0. The molecule has 22 heavy (non-hydrogen) atoms. The normalized spacial score (nSPS) is 14.2. The number of fused-ring (bicyclic) bond motifs is 3. The van der Waals surface area contributed by atoms with Gasteiger partial charge >= 0.3 is 0 Å². The van der Waals surface area contributed by atoms with Gasteiger partial charge in [0.05, 0.1) is 5.69 Å². The predicted molar refractivity (Wildman–Crippen MR) is 86.2 cm³/mol. The van der Waals surface area contributed by atoms with E-state index in [1.807, 2.05) is 48.5 Å². The summed E-state index contributed by atoms with van der Waals surface area (Å²) in [5, 5.41) is 3.75. The Balaban J connectivity index is 1.99. The third-order valence-corrected chi connectivity index (χ3v) is 3.62. The van der Waals surface area contributed by atoms with E-state index >= 15 is 0 Å². The number of nitrogen functional groups attached to an aromatic ring is 1. The van der Waals surface area contributed by atoms with E-state index in [1.54, 1.807) is 0 Å². The van der Waals surface area contributed by atoms with Crippen LogP contribution in [0.4, 0.5) is 11.4 Å². The molecule has 2 heterocycles. The number of amides is 1. The average Bonchev–Trinajstić information content (AvgIpc) is 2.78. The van der Waals surface area contributed by atoms with Crippen molar-refractivity contribution in [3.63, 3.8) is 0 Å². The van der Waals surface area contributed by atoms with Crippen molar-refractivity contribution >= 4 is 34.0 Å². The maximum absolute atomic E-state index is 11.9. The first-order valence-electron chi connectivity index (χ1n) is 6.94. The van der Waals surface area contributed by atoms with Crippen LogP contribution in [0.2, 0.25) is 0 Å². The van der Waals surface area contributed by atoms with Crippen LogP contribution in [-0.4, -0.2) is 18.2 Å². The van der Waals surface area contributed by atoms with Gasteiger partial charge in [0, 0.05) is 16.6 Å². The van der Waals surface area contributed by atoms with E-state index in [2.05, 4.69) is 10.3 Å². The van der Waals surface area contributed by atoms with E-state index in [4.69, 9.17) is 10.2 Å². The lowest BCUT2D eigenvalue weighted by Crippen LogP contribution is -2.13. The Kier molecular flexibility index (Phi) is 2.72. The Labute approximate surface area is 126 Å². The molecule has 0 aliphatic carbocycles. The summed E-state index contributed by atoms with van der Waals surface area (Å²) in [6.45, 7) is 0.0582. The van der Waals surface area contributed by atoms with Crippen LogP contribution in [0.25, 0.3) is 11.0 Å². The van der Waals surface area contributed by atoms with Crippen LogP contribution >= 0.6 is 0 Å². The van der Waals surface area contributed by atoms with Crippen molar-refractivity contribution in [1.82, 2.24) is 0 Å². The highest BCUT2D eigenvalue weighted by molar-refractivity contribution is 6.21. The van der Waals surface area contributed by atoms with Gasteiger partial charge in [-0.25, -0.2) is 0 Å². The number of furan rings is 1. The van der Waals surface area contributed by atoms with E-state index in [0.717, 1.165) is 10.9 Å². The van der Waals surface area contributed by atoms with Gasteiger partial charge in [0.25, 0.3) is 0 Å². The van der Waals surface area contributed by atoms with Crippen LogP contribution in [0.15, 0.2) is 57.9 Å². The molecule has 0 atom stereocenters. The Bertz CT molecular complexity index is 925. The van der Waals surface area contributed by atoms with Gasteiger partial charge in [0.2, 0.25) is 5.91 Å². The predicted octanol–water partition coefficient (Wildman–Crippen LogP) is 2.80. The van der Waals surface area contributed by atoms with Crippen LogP contribution in [0.1, 0.15) is 11.3 Å². The molecule has 0 fully saturated rings. The van der Waals surface area contributed by atoms with Crippen molar-refractivity contribution in [2.45, 2.75) is 0 Å². The fraction of sp³-hybridized carbons (Fsp3) is 0.0588. The second kappa shape index (κ2) is 4.73. The zero-order chi connectivity index (χ0) is 15.1. The van der Waals surface area contributed by atoms with Gasteiger partial charge in [0.1, 0.15) is 17.8 Å². The monoisotopic (exact) mass is 291 g/mol. The van der Waals surface area contributed by atoms with Crippen molar-refractivity contribution in [3.05, 3.63) is 59.9 Å². The van der Waals surface area contributed by atoms with E-state index in [-0.39, 0.29) is 12.5 Å². The molecule has 0 unspecified atom stereocenters. The molecule has 1 amide bonds. The number of rotatable bonds is 1. The fourth-order valence-electron chi connectivity index (χ4n) is 2.65. The maximum atomic E-state index is 11.9. The quantitative estimate of drug-likeness (QED) is 0.676. The number of anilines is 2. The van der Waals surface area contributed by atoms with Gasteiger partial charge < -0.3 is 15.5 Å². The molecule has 3 N–H and O–H groups in total. The van der Waals surface area contributed by atoms with Crippen LogP contribution in [0.5, 0.6) is 0 Å². The molecule has 3 aromatic rings. The van der Waals surface area contributed by atoms with Gasteiger partial charge in [-0.2, -0.15) is 0 Å². The first kappa shape index (κ1) is 12.6. The SMILES string of the molecule is Nc1cccc(C2=NCC(=O)Nc3c2oc2ccccc32)c1. The van der Waals surface area contributed by atoms with Crippen LogP contribution in [0.3, 0.4) is 0 Å². The average molecular weight is 291 g/mol. The summed E-state index contributed by atoms with van der Waals surface area (Å²) in [7, 11) is 0. The smallest absolute Gasteiger partial charge is 0.246 e. The molecule has 1 aromatic heterocycles. The Morgan fingerprint density at radius 3 is 2.86 bits per heavy atom. The molecular formula is C17H13N3O2. The molecule has 2 aromatic carbocycles. The number of benzene rings is 2. The number of carbonyl (C=O) groups is 1. The third kappa shape index (κ3) is 1.95. The number of carbonyl (C=O) groups excluding carboxylic acids is 1. The highest BCUT2D eigenvalue weighted by Gasteiger charge is 2.24. The van der Waals surface area contributed by atoms with Crippen molar-refractivity contribution in [2.75, 3.05) is 17.6 Å². The largest absolute Gasteiger partial charge is 0.452 e. The lowest BCUT2D eigenvalue weighted by Gasteiger charge is -2.04. The summed E-state index contributed by atoms with van der Waals surface area (Å²) in [6.07, 6.45) is 0. The van der Waals surface area contributed by atoms with E-state index < -0.39 is 0 Å². The van der Waals surface area contributed by atoms with Gasteiger partial charge in [-0.1, -0.05) is 24.3 Å². The lowest BCUT2D eigenvalue weighted by atomic mass is 10.1. The minimum atomic E-state index is -0.160. The molecule has 5 nitrogen and oxygen atoms in total. The molecule has 0 radical (unpaired) electrons. The van der Waals surface area contributed by atoms with Crippen molar-refractivity contribution < 1.29 is 9.21 Å². The molecule has 5 heteroatoms. The second-order valence-electron chi connectivity index (χ2n) is 5.14. The first-order valence-corrected chi connectivity index (χ1v) is 6.94. The molecule has 108 valence electrons. The highest BCUT2D eigenvalue weighted by Crippen LogP contribution is 2.34. The molecule has 1 aliphatic heterocycles. The number of nitrogens with two attached hydrogens (primary N) is 1. The minimum absolute atomic E-state index is 0.0582. The molecule has 0 saturated carbocycles. The summed E-state index contributed by atoms with van der Waals surface area (Å²) in [4.78, 5) is 16.4.